The van der Waals surface area contributed by atoms with Crippen LogP contribution in [0.5, 0.6) is 5.75 Å². The van der Waals surface area contributed by atoms with Gasteiger partial charge in [0.1, 0.15) is 11.3 Å². The Balaban J connectivity index is 2.21. The van der Waals surface area contributed by atoms with Crippen LogP contribution >= 0.6 is 0 Å². The molecule has 0 aliphatic heterocycles. The second kappa shape index (κ2) is 5.90. The van der Waals surface area contributed by atoms with E-state index in [9.17, 15) is 9.90 Å². The number of esters is 1. The molecule has 0 aliphatic rings. The molecule has 0 bridgehead atoms. The predicted octanol–water partition coefficient (Wildman–Crippen LogP) is 3.92. The molecule has 110 valence electrons. The number of benzene rings is 3. The zero-order chi connectivity index (χ0) is 15.5. The summed E-state index contributed by atoms with van der Waals surface area (Å²) in [6, 6.07) is 19.2. The molecule has 3 heteroatoms. The van der Waals surface area contributed by atoms with Gasteiger partial charge >= 0.3 is 5.97 Å². The number of phenolic OH excluding ortho intramolecular Hbond substituents is 1. The number of fused-ring (bicyclic) bond motifs is 1. The van der Waals surface area contributed by atoms with Crippen LogP contribution in [-0.4, -0.2) is 18.2 Å². The van der Waals surface area contributed by atoms with Crippen LogP contribution in [0.15, 0.2) is 60.7 Å². The number of ether oxygens (including phenoxy) is 1. The average Bonchev–Trinajstić information content (AvgIpc) is 2.57. The van der Waals surface area contributed by atoms with Crippen molar-refractivity contribution in [2.24, 2.45) is 0 Å². The molecule has 0 radical (unpaired) electrons. The van der Waals surface area contributed by atoms with Crippen LogP contribution in [-0.2, 0) is 11.2 Å². The zero-order valence-corrected chi connectivity index (χ0v) is 12.2. The molecule has 0 spiro atoms. The van der Waals surface area contributed by atoms with Gasteiger partial charge < -0.3 is 9.84 Å². The minimum atomic E-state index is -0.530. The first-order valence-electron chi connectivity index (χ1n) is 7.06. The Bertz CT molecular complexity index is 823. The minimum Gasteiger partial charge on any atom is -0.507 e. The molecule has 0 atom stereocenters. The number of carbonyl (C=O) groups excluding carboxylic acids is 1. The average molecular weight is 292 g/mol. The van der Waals surface area contributed by atoms with Crippen LogP contribution in [0.25, 0.3) is 10.8 Å². The maximum Gasteiger partial charge on any atom is 0.341 e. The number of hydrogen-bond donors (Lipinski definition) is 1. The first-order valence-corrected chi connectivity index (χ1v) is 7.06. The van der Waals surface area contributed by atoms with E-state index in [2.05, 4.69) is 0 Å². The molecule has 0 saturated heterocycles. The van der Waals surface area contributed by atoms with E-state index in [1.165, 1.54) is 7.11 Å². The molecule has 3 rings (SSSR count). The van der Waals surface area contributed by atoms with Gasteiger partial charge in [-0.05, 0) is 22.4 Å². The van der Waals surface area contributed by atoms with E-state index in [0.29, 0.717) is 6.42 Å². The maximum atomic E-state index is 11.9. The number of methoxy groups -OCH3 is 1. The zero-order valence-electron chi connectivity index (χ0n) is 12.2. The van der Waals surface area contributed by atoms with Crippen molar-refractivity contribution in [3.05, 3.63) is 77.4 Å². The Morgan fingerprint density at radius 2 is 1.73 bits per heavy atom. The van der Waals surface area contributed by atoms with Crippen molar-refractivity contribution in [3.63, 3.8) is 0 Å². The van der Waals surface area contributed by atoms with Crippen molar-refractivity contribution in [2.45, 2.75) is 6.42 Å². The van der Waals surface area contributed by atoms with E-state index in [4.69, 9.17) is 4.74 Å². The van der Waals surface area contributed by atoms with Gasteiger partial charge in [0, 0.05) is 12.0 Å². The van der Waals surface area contributed by atoms with Crippen LogP contribution in [0.4, 0.5) is 0 Å². The molecule has 1 N–H and O–H groups in total. The summed E-state index contributed by atoms with van der Waals surface area (Å²) in [5.74, 6) is -0.535. The van der Waals surface area contributed by atoms with Crippen molar-refractivity contribution in [1.82, 2.24) is 0 Å². The first-order chi connectivity index (χ1) is 10.7. The summed E-state index contributed by atoms with van der Waals surface area (Å²) >= 11 is 0. The summed E-state index contributed by atoms with van der Waals surface area (Å²) in [6.45, 7) is 0. The van der Waals surface area contributed by atoms with E-state index in [1.54, 1.807) is 6.07 Å². The van der Waals surface area contributed by atoms with Crippen molar-refractivity contribution in [1.29, 1.82) is 0 Å². The molecule has 0 aliphatic carbocycles. The fourth-order valence-corrected chi connectivity index (χ4v) is 2.66. The number of aromatic hydroxyl groups is 1. The Kier molecular flexibility index (Phi) is 3.79. The van der Waals surface area contributed by atoms with Gasteiger partial charge in [0.25, 0.3) is 0 Å². The van der Waals surface area contributed by atoms with Gasteiger partial charge in [0.15, 0.2) is 0 Å². The lowest BCUT2D eigenvalue weighted by Crippen LogP contribution is -2.04. The molecule has 0 amide bonds. The lowest BCUT2D eigenvalue weighted by atomic mass is 9.94. The second-order valence-electron chi connectivity index (χ2n) is 5.13. The third-order valence-electron chi connectivity index (χ3n) is 3.76. The smallest absolute Gasteiger partial charge is 0.341 e. The van der Waals surface area contributed by atoms with Crippen molar-refractivity contribution in [3.8, 4) is 5.75 Å². The van der Waals surface area contributed by atoms with Crippen LogP contribution < -0.4 is 0 Å². The molecule has 0 aromatic heterocycles. The fraction of sp³-hybridized carbons (Fsp3) is 0.105. The Morgan fingerprint density at radius 1 is 1.05 bits per heavy atom. The summed E-state index contributed by atoms with van der Waals surface area (Å²) in [4.78, 5) is 11.9. The maximum absolute atomic E-state index is 11.9. The van der Waals surface area contributed by atoms with E-state index < -0.39 is 5.97 Å². The lowest BCUT2D eigenvalue weighted by molar-refractivity contribution is 0.0597. The van der Waals surface area contributed by atoms with Crippen LogP contribution in [0.1, 0.15) is 21.5 Å². The van der Waals surface area contributed by atoms with E-state index in [0.717, 1.165) is 21.9 Å². The molecule has 3 aromatic rings. The fourth-order valence-electron chi connectivity index (χ4n) is 2.66. The van der Waals surface area contributed by atoms with E-state index >= 15 is 0 Å². The molecule has 0 saturated carbocycles. The highest BCUT2D eigenvalue weighted by atomic mass is 16.5. The standard InChI is InChI=1S/C19H16O3/c1-22-19(21)17-12-14-9-5-6-10-15(14)16(18(17)20)11-13-7-3-2-4-8-13/h2-10,12,20H,11H2,1H3. The highest BCUT2D eigenvalue weighted by Crippen LogP contribution is 2.33. The largest absolute Gasteiger partial charge is 0.507 e. The van der Waals surface area contributed by atoms with Crippen LogP contribution in [0, 0.1) is 0 Å². The monoisotopic (exact) mass is 292 g/mol. The highest BCUT2D eigenvalue weighted by molar-refractivity contribution is 6.00. The molecular formula is C19H16O3. The summed E-state index contributed by atoms with van der Waals surface area (Å²) in [7, 11) is 1.31. The summed E-state index contributed by atoms with van der Waals surface area (Å²) in [5, 5.41) is 12.4. The van der Waals surface area contributed by atoms with Gasteiger partial charge in [-0.15, -0.1) is 0 Å². The normalized spacial score (nSPS) is 10.6. The lowest BCUT2D eigenvalue weighted by Gasteiger charge is -2.13. The number of rotatable bonds is 3. The molecule has 3 aromatic carbocycles. The molecule has 0 heterocycles. The number of carbonyl (C=O) groups is 1. The molecule has 0 fully saturated rings. The summed E-state index contributed by atoms with van der Waals surface area (Å²) in [6.07, 6.45) is 0.554. The van der Waals surface area contributed by atoms with Gasteiger partial charge in [0.2, 0.25) is 0 Å². The summed E-state index contributed by atoms with van der Waals surface area (Å²) < 4.78 is 4.77. The number of phenols is 1. The summed E-state index contributed by atoms with van der Waals surface area (Å²) in [5.41, 5.74) is 2.02. The Hall–Kier alpha value is -2.81. The SMILES string of the molecule is COC(=O)c1cc2ccccc2c(Cc2ccccc2)c1O. The van der Waals surface area contributed by atoms with Crippen LogP contribution in [0.3, 0.4) is 0 Å². The minimum absolute atomic E-state index is 0.00518. The molecular weight excluding hydrogens is 276 g/mol. The third-order valence-corrected chi connectivity index (χ3v) is 3.76. The van der Waals surface area contributed by atoms with Gasteiger partial charge in [-0.3, -0.25) is 0 Å². The molecule has 3 nitrogen and oxygen atoms in total. The predicted molar refractivity (Wildman–Crippen MR) is 86.2 cm³/mol. The van der Waals surface area contributed by atoms with Crippen molar-refractivity contribution >= 4 is 16.7 Å². The third kappa shape index (κ3) is 2.53. The quantitative estimate of drug-likeness (QED) is 0.744. The van der Waals surface area contributed by atoms with Gasteiger partial charge in [0.05, 0.1) is 7.11 Å². The Morgan fingerprint density at radius 3 is 2.45 bits per heavy atom. The second-order valence-corrected chi connectivity index (χ2v) is 5.13. The van der Waals surface area contributed by atoms with Gasteiger partial charge in [-0.2, -0.15) is 0 Å². The Labute approximate surface area is 128 Å². The first kappa shape index (κ1) is 14.1. The number of hydrogen-bond acceptors (Lipinski definition) is 3. The van der Waals surface area contributed by atoms with E-state index in [1.807, 2.05) is 54.6 Å². The van der Waals surface area contributed by atoms with Crippen molar-refractivity contribution < 1.29 is 14.6 Å². The van der Waals surface area contributed by atoms with Gasteiger partial charge in [-0.1, -0.05) is 54.6 Å². The van der Waals surface area contributed by atoms with E-state index in [-0.39, 0.29) is 11.3 Å². The van der Waals surface area contributed by atoms with Crippen molar-refractivity contribution in [2.75, 3.05) is 7.11 Å². The molecule has 22 heavy (non-hydrogen) atoms. The molecule has 0 unspecified atom stereocenters. The highest BCUT2D eigenvalue weighted by Gasteiger charge is 2.18. The topological polar surface area (TPSA) is 46.5 Å². The van der Waals surface area contributed by atoms with Crippen LogP contribution in [0.2, 0.25) is 0 Å². The van der Waals surface area contributed by atoms with Gasteiger partial charge in [-0.25, -0.2) is 4.79 Å².